The molecule has 1 aliphatic rings. The second kappa shape index (κ2) is 5.85. The van der Waals surface area contributed by atoms with Crippen molar-refractivity contribution in [1.82, 2.24) is 0 Å². The highest BCUT2D eigenvalue weighted by Crippen LogP contribution is 2.45. The van der Waals surface area contributed by atoms with Crippen LogP contribution in [0.4, 0.5) is 0 Å². The first kappa shape index (κ1) is 13.6. The minimum absolute atomic E-state index is 0.0913. The number of hydrogen-bond donors (Lipinski definition) is 2. The van der Waals surface area contributed by atoms with E-state index in [1.165, 1.54) is 24.8 Å². The van der Waals surface area contributed by atoms with Crippen LogP contribution >= 0.6 is 0 Å². The van der Waals surface area contributed by atoms with Crippen molar-refractivity contribution >= 4 is 0 Å². The molecular weight excluding hydrogens is 222 g/mol. The Kier molecular flexibility index (Phi) is 4.41. The Morgan fingerprint density at radius 1 is 1.17 bits per heavy atom. The molecule has 0 spiro atoms. The van der Waals surface area contributed by atoms with Gasteiger partial charge in [0.15, 0.2) is 0 Å². The van der Waals surface area contributed by atoms with E-state index in [0.717, 1.165) is 24.8 Å². The molecule has 1 aromatic rings. The molecule has 100 valence electrons. The summed E-state index contributed by atoms with van der Waals surface area (Å²) in [5, 5.41) is 10.7. The molecule has 1 saturated carbocycles. The molecular formula is C16H25NO. The molecule has 0 aliphatic heterocycles. The second-order valence-electron chi connectivity index (χ2n) is 5.62. The van der Waals surface area contributed by atoms with Crippen molar-refractivity contribution in [3.63, 3.8) is 0 Å². The van der Waals surface area contributed by atoms with E-state index in [-0.39, 0.29) is 5.41 Å². The van der Waals surface area contributed by atoms with Crippen molar-refractivity contribution in [2.24, 2.45) is 11.1 Å². The van der Waals surface area contributed by atoms with Gasteiger partial charge in [-0.2, -0.15) is 0 Å². The largest absolute Gasteiger partial charge is 0.388 e. The molecule has 0 bridgehead atoms. The standard InChI is InChI=1S/C16H25NO/c1-2-13-6-8-14(9-7-13)15(18)16(12-17)10-4-3-5-11-16/h6-9,15,18H,2-5,10-12,17H2,1H3. The third-order valence-electron chi connectivity index (χ3n) is 4.54. The van der Waals surface area contributed by atoms with Gasteiger partial charge in [-0.1, -0.05) is 50.5 Å². The summed E-state index contributed by atoms with van der Waals surface area (Å²) in [7, 11) is 0. The van der Waals surface area contributed by atoms with Crippen LogP contribution in [-0.4, -0.2) is 11.7 Å². The highest BCUT2D eigenvalue weighted by atomic mass is 16.3. The van der Waals surface area contributed by atoms with E-state index in [9.17, 15) is 5.11 Å². The summed E-state index contributed by atoms with van der Waals surface area (Å²) in [6.45, 7) is 2.73. The number of aryl methyl sites for hydroxylation is 1. The van der Waals surface area contributed by atoms with E-state index in [4.69, 9.17) is 5.73 Å². The molecule has 18 heavy (non-hydrogen) atoms. The third kappa shape index (κ3) is 2.60. The van der Waals surface area contributed by atoms with Gasteiger partial charge < -0.3 is 10.8 Å². The van der Waals surface area contributed by atoms with Gasteiger partial charge in [0.1, 0.15) is 0 Å². The average molecular weight is 247 g/mol. The van der Waals surface area contributed by atoms with Crippen LogP contribution in [0.1, 0.15) is 56.3 Å². The summed E-state index contributed by atoms with van der Waals surface area (Å²) in [6, 6.07) is 8.36. The molecule has 0 amide bonds. The SMILES string of the molecule is CCc1ccc(C(O)C2(CN)CCCCC2)cc1. The number of rotatable bonds is 4. The monoisotopic (exact) mass is 247 g/mol. The molecule has 1 aliphatic carbocycles. The summed E-state index contributed by atoms with van der Waals surface area (Å²) in [5.74, 6) is 0. The molecule has 0 heterocycles. The first-order chi connectivity index (χ1) is 8.72. The van der Waals surface area contributed by atoms with Gasteiger partial charge in [-0.05, 0) is 30.4 Å². The Balaban J connectivity index is 2.19. The maximum atomic E-state index is 10.7. The molecule has 0 aromatic heterocycles. The van der Waals surface area contributed by atoms with Crippen molar-refractivity contribution in [1.29, 1.82) is 0 Å². The van der Waals surface area contributed by atoms with Gasteiger partial charge in [0, 0.05) is 12.0 Å². The second-order valence-corrected chi connectivity index (χ2v) is 5.62. The molecule has 1 aromatic carbocycles. The van der Waals surface area contributed by atoms with E-state index in [1.807, 2.05) is 0 Å². The lowest BCUT2D eigenvalue weighted by Gasteiger charge is -2.40. The van der Waals surface area contributed by atoms with Crippen LogP contribution in [0.25, 0.3) is 0 Å². The Bertz CT molecular complexity index is 365. The van der Waals surface area contributed by atoms with Crippen LogP contribution < -0.4 is 5.73 Å². The first-order valence-electron chi connectivity index (χ1n) is 7.19. The maximum absolute atomic E-state index is 10.7. The topological polar surface area (TPSA) is 46.2 Å². The molecule has 2 rings (SSSR count). The number of hydrogen-bond acceptors (Lipinski definition) is 2. The van der Waals surface area contributed by atoms with Gasteiger partial charge in [0.25, 0.3) is 0 Å². The van der Waals surface area contributed by atoms with Crippen molar-refractivity contribution < 1.29 is 5.11 Å². The van der Waals surface area contributed by atoms with Crippen LogP contribution in [0.15, 0.2) is 24.3 Å². The van der Waals surface area contributed by atoms with Crippen LogP contribution in [0, 0.1) is 5.41 Å². The van der Waals surface area contributed by atoms with Gasteiger partial charge in [-0.15, -0.1) is 0 Å². The van der Waals surface area contributed by atoms with Gasteiger partial charge in [-0.25, -0.2) is 0 Å². The lowest BCUT2D eigenvalue weighted by atomic mass is 9.68. The molecule has 2 heteroatoms. The van der Waals surface area contributed by atoms with E-state index in [0.29, 0.717) is 6.54 Å². The quantitative estimate of drug-likeness (QED) is 0.858. The molecule has 2 nitrogen and oxygen atoms in total. The van der Waals surface area contributed by atoms with Crippen LogP contribution in [0.5, 0.6) is 0 Å². The molecule has 0 saturated heterocycles. The van der Waals surface area contributed by atoms with Crippen LogP contribution in [0.3, 0.4) is 0 Å². The van der Waals surface area contributed by atoms with Gasteiger partial charge in [-0.3, -0.25) is 0 Å². The fourth-order valence-electron chi connectivity index (χ4n) is 3.13. The number of nitrogens with two attached hydrogens (primary N) is 1. The highest BCUT2D eigenvalue weighted by molar-refractivity contribution is 5.25. The van der Waals surface area contributed by atoms with Crippen molar-refractivity contribution in [2.45, 2.75) is 51.6 Å². The van der Waals surface area contributed by atoms with Crippen LogP contribution in [0.2, 0.25) is 0 Å². The third-order valence-corrected chi connectivity index (χ3v) is 4.54. The Morgan fingerprint density at radius 3 is 2.28 bits per heavy atom. The van der Waals surface area contributed by atoms with Crippen LogP contribution in [-0.2, 0) is 6.42 Å². The maximum Gasteiger partial charge on any atom is 0.0858 e. The molecule has 3 N–H and O–H groups in total. The fourth-order valence-corrected chi connectivity index (χ4v) is 3.13. The number of aliphatic hydroxyl groups excluding tert-OH is 1. The number of aliphatic hydroxyl groups is 1. The zero-order valence-corrected chi connectivity index (χ0v) is 11.4. The number of benzene rings is 1. The zero-order chi connectivity index (χ0) is 13.0. The fraction of sp³-hybridized carbons (Fsp3) is 0.625. The predicted molar refractivity (Wildman–Crippen MR) is 75.4 cm³/mol. The predicted octanol–water partition coefficient (Wildman–Crippen LogP) is 3.19. The Hall–Kier alpha value is -0.860. The van der Waals surface area contributed by atoms with E-state index < -0.39 is 6.10 Å². The summed E-state index contributed by atoms with van der Waals surface area (Å²) < 4.78 is 0. The summed E-state index contributed by atoms with van der Waals surface area (Å²) in [6.07, 6.45) is 6.42. The van der Waals surface area contributed by atoms with Crippen molar-refractivity contribution in [3.8, 4) is 0 Å². The lowest BCUT2D eigenvalue weighted by molar-refractivity contribution is 0.000690. The summed E-state index contributed by atoms with van der Waals surface area (Å²) in [4.78, 5) is 0. The molecule has 1 atom stereocenters. The summed E-state index contributed by atoms with van der Waals surface area (Å²) in [5.41, 5.74) is 8.22. The zero-order valence-electron chi connectivity index (χ0n) is 11.4. The smallest absolute Gasteiger partial charge is 0.0858 e. The van der Waals surface area contributed by atoms with Gasteiger partial charge in [0.2, 0.25) is 0 Å². The van der Waals surface area contributed by atoms with Gasteiger partial charge >= 0.3 is 0 Å². The molecule has 1 unspecified atom stereocenters. The minimum atomic E-state index is -0.409. The first-order valence-corrected chi connectivity index (χ1v) is 7.19. The minimum Gasteiger partial charge on any atom is -0.388 e. The van der Waals surface area contributed by atoms with Crippen molar-refractivity contribution in [2.75, 3.05) is 6.54 Å². The van der Waals surface area contributed by atoms with E-state index >= 15 is 0 Å². The Morgan fingerprint density at radius 2 is 1.78 bits per heavy atom. The van der Waals surface area contributed by atoms with Crippen molar-refractivity contribution in [3.05, 3.63) is 35.4 Å². The van der Waals surface area contributed by atoms with E-state index in [2.05, 4.69) is 31.2 Å². The lowest BCUT2D eigenvalue weighted by Crippen LogP contribution is -2.38. The average Bonchev–Trinajstić information content (AvgIpc) is 2.47. The van der Waals surface area contributed by atoms with Gasteiger partial charge in [0.05, 0.1) is 6.10 Å². The summed E-state index contributed by atoms with van der Waals surface area (Å²) >= 11 is 0. The highest BCUT2D eigenvalue weighted by Gasteiger charge is 2.38. The van der Waals surface area contributed by atoms with E-state index in [1.54, 1.807) is 0 Å². The molecule has 0 radical (unpaired) electrons. The Labute approximate surface area is 110 Å². The normalized spacial score (nSPS) is 20.6. The molecule has 1 fully saturated rings.